The van der Waals surface area contributed by atoms with Gasteiger partial charge < -0.3 is 4.74 Å². The Kier molecular flexibility index (Phi) is 2.26. The first-order valence-corrected chi connectivity index (χ1v) is 5.03. The molecule has 0 fully saturated rings. The summed E-state index contributed by atoms with van der Waals surface area (Å²) in [4.78, 5) is 0. The first-order valence-electron chi connectivity index (χ1n) is 5.03. The van der Waals surface area contributed by atoms with Crippen molar-refractivity contribution in [1.29, 1.82) is 0 Å². The minimum atomic E-state index is 1.07. The van der Waals surface area contributed by atoms with Crippen molar-refractivity contribution >= 4 is 0 Å². The van der Waals surface area contributed by atoms with E-state index in [1.807, 2.05) is 0 Å². The summed E-state index contributed by atoms with van der Waals surface area (Å²) < 4.78 is 5.36. The van der Waals surface area contributed by atoms with Gasteiger partial charge in [0.1, 0.15) is 5.75 Å². The number of hydrogen-bond acceptors (Lipinski definition) is 1. The highest BCUT2D eigenvalue weighted by molar-refractivity contribution is 5.44. The van der Waals surface area contributed by atoms with E-state index < -0.39 is 0 Å². The van der Waals surface area contributed by atoms with Crippen LogP contribution in [0.2, 0.25) is 0 Å². The lowest BCUT2D eigenvalue weighted by atomic mass is 10.0. The summed E-state index contributed by atoms with van der Waals surface area (Å²) in [6, 6.07) is 4.54. The molecule has 1 aliphatic carbocycles. The summed E-state index contributed by atoms with van der Waals surface area (Å²) in [5.41, 5.74) is 4.38. The number of fused-ring (bicyclic) bond motifs is 1. The molecule has 70 valence electrons. The second-order valence-electron chi connectivity index (χ2n) is 3.64. The van der Waals surface area contributed by atoms with Gasteiger partial charge in [-0.15, -0.1) is 0 Å². The lowest BCUT2D eigenvalue weighted by molar-refractivity contribution is 0.409. The van der Waals surface area contributed by atoms with Gasteiger partial charge in [-0.25, -0.2) is 0 Å². The molecular formula is C12H16O. The van der Waals surface area contributed by atoms with E-state index in [-0.39, 0.29) is 0 Å². The lowest BCUT2D eigenvalue weighted by Crippen LogP contribution is -1.93. The molecule has 0 unspecified atom stereocenters. The van der Waals surface area contributed by atoms with Crippen molar-refractivity contribution in [2.45, 2.75) is 32.6 Å². The van der Waals surface area contributed by atoms with Gasteiger partial charge >= 0.3 is 0 Å². The van der Waals surface area contributed by atoms with Gasteiger partial charge in [-0.3, -0.25) is 0 Å². The monoisotopic (exact) mass is 176 g/mol. The molecule has 0 aromatic heterocycles. The minimum absolute atomic E-state index is 1.07. The van der Waals surface area contributed by atoms with E-state index >= 15 is 0 Å². The van der Waals surface area contributed by atoms with E-state index in [1.165, 1.54) is 36.0 Å². The normalized spacial score (nSPS) is 14.3. The Bertz CT molecular complexity index is 284. The van der Waals surface area contributed by atoms with Crippen LogP contribution in [0.1, 0.15) is 30.0 Å². The Morgan fingerprint density at radius 2 is 1.92 bits per heavy atom. The molecule has 1 aliphatic rings. The molecule has 0 saturated carbocycles. The van der Waals surface area contributed by atoms with E-state index in [2.05, 4.69) is 19.1 Å². The topological polar surface area (TPSA) is 9.23 Å². The lowest BCUT2D eigenvalue weighted by Gasteiger charge is -2.09. The number of methoxy groups -OCH3 is 1. The molecule has 0 bridgehead atoms. The van der Waals surface area contributed by atoms with E-state index in [0.717, 1.165) is 12.2 Å². The highest BCUT2D eigenvalue weighted by atomic mass is 16.5. The van der Waals surface area contributed by atoms with Gasteiger partial charge in [-0.2, -0.15) is 0 Å². The third-order valence-electron chi connectivity index (χ3n) is 2.88. The van der Waals surface area contributed by atoms with Crippen molar-refractivity contribution in [3.8, 4) is 5.75 Å². The van der Waals surface area contributed by atoms with E-state index in [0.29, 0.717) is 0 Å². The maximum absolute atomic E-state index is 5.36. The quantitative estimate of drug-likeness (QED) is 0.673. The molecular weight excluding hydrogens is 160 g/mol. The Morgan fingerprint density at radius 1 is 1.23 bits per heavy atom. The maximum atomic E-state index is 5.36. The number of hydrogen-bond donors (Lipinski definition) is 0. The van der Waals surface area contributed by atoms with Crippen LogP contribution in [0.3, 0.4) is 0 Å². The second kappa shape index (κ2) is 3.41. The van der Waals surface area contributed by atoms with Gasteiger partial charge in [-0.1, -0.05) is 13.0 Å². The number of aryl methyl sites for hydroxylation is 3. The van der Waals surface area contributed by atoms with Crippen LogP contribution >= 0.6 is 0 Å². The molecule has 1 aromatic rings. The standard InChI is InChI=1S/C12H16O/c1-3-9-7-10-5-4-6-11(10)8-12(9)13-2/h7-8H,3-6H2,1-2H3. The van der Waals surface area contributed by atoms with Gasteiger partial charge in [0, 0.05) is 0 Å². The smallest absolute Gasteiger partial charge is 0.122 e. The molecule has 13 heavy (non-hydrogen) atoms. The fourth-order valence-electron chi connectivity index (χ4n) is 2.12. The van der Waals surface area contributed by atoms with Gasteiger partial charge in [0.15, 0.2) is 0 Å². The Hall–Kier alpha value is -0.980. The van der Waals surface area contributed by atoms with Gasteiger partial charge in [0.25, 0.3) is 0 Å². The van der Waals surface area contributed by atoms with Crippen molar-refractivity contribution in [1.82, 2.24) is 0 Å². The Labute approximate surface area is 79.7 Å². The van der Waals surface area contributed by atoms with Crippen LogP contribution in [0.25, 0.3) is 0 Å². The highest BCUT2D eigenvalue weighted by Gasteiger charge is 2.13. The van der Waals surface area contributed by atoms with Gasteiger partial charge in [0.2, 0.25) is 0 Å². The van der Waals surface area contributed by atoms with Crippen molar-refractivity contribution in [2.75, 3.05) is 7.11 Å². The summed E-state index contributed by atoms with van der Waals surface area (Å²) in [5, 5.41) is 0. The summed E-state index contributed by atoms with van der Waals surface area (Å²) in [7, 11) is 1.76. The number of benzene rings is 1. The Balaban J connectivity index is 2.47. The first kappa shape index (κ1) is 8.61. The van der Waals surface area contributed by atoms with E-state index in [9.17, 15) is 0 Å². The van der Waals surface area contributed by atoms with Crippen LogP contribution in [0.4, 0.5) is 0 Å². The summed E-state index contributed by atoms with van der Waals surface area (Å²) in [5.74, 6) is 1.07. The van der Waals surface area contributed by atoms with Crippen molar-refractivity contribution in [3.63, 3.8) is 0 Å². The fraction of sp³-hybridized carbons (Fsp3) is 0.500. The molecule has 1 nitrogen and oxygen atoms in total. The summed E-state index contributed by atoms with van der Waals surface area (Å²) in [6.07, 6.45) is 4.87. The summed E-state index contributed by atoms with van der Waals surface area (Å²) >= 11 is 0. The van der Waals surface area contributed by atoms with E-state index in [1.54, 1.807) is 7.11 Å². The van der Waals surface area contributed by atoms with Gasteiger partial charge in [0.05, 0.1) is 7.11 Å². The molecule has 1 heteroatoms. The van der Waals surface area contributed by atoms with Crippen LogP contribution in [0, 0.1) is 0 Å². The second-order valence-corrected chi connectivity index (χ2v) is 3.64. The molecule has 0 heterocycles. The van der Waals surface area contributed by atoms with Crippen LogP contribution in [0.15, 0.2) is 12.1 Å². The molecule has 0 spiro atoms. The molecule has 0 N–H and O–H groups in total. The average molecular weight is 176 g/mol. The zero-order valence-electron chi connectivity index (χ0n) is 8.39. The minimum Gasteiger partial charge on any atom is -0.496 e. The molecule has 0 atom stereocenters. The first-order chi connectivity index (χ1) is 6.35. The predicted molar refractivity (Wildman–Crippen MR) is 54.4 cm³/mol. The summed E-state index contributed by atoms with van der Waals surface area (Å²) in [6.45, 7) is 2.18. The third kappa shape index (κ3) is 1.43. The van der Waals surface area contributed by atoms with E-state index in [4.69, 9.17) is 4.74 Å². The number of rotatable bonds is 2. The molecule has 0 saturated heterocycles. The fourth-order valence-corrected chi connectivity index (χ4v) is 2.12. The highest BCUT2D eigenvalue weighted by Crippen LogP contribution is 2.29. The molecule has 0 radical (unpaired) electrons. The molecule has 1 aromatic carbocycles. The molecule has 2 rings (SSSR count). The average Bonchev–Trinajstić information content (AvgIpc) is 2.62. The van der Waals surface area contributed by atoms with Crippen molar-refractivity contribution < 1.29 is 4.74 Å². The SMILES string of the molecule is CCc1cc2c(cc1OC)CCC2. The van der Waals surface area contributed by atoms with Crippen LogP contribution in [0.5, 0.6) is 5.75 Å². The maximum Gasteiger partial charge on any atom is 0.122 e. The van der Waals surface area contributed by atoms with Crippen LogP contribution in [-0.2, 0) is 19.3 Å². The van der Waals surface area contributed by atoms with Crippen LogP contribution in [-0.4, -0.2) is 7.11 Å². The van der Waals surface area contributed by atoms with Crippen LogP contribution < -0.4 is 4.74 Å². The predicted octanol–water partition coefficient (Wildman–Crippen LogP) is 2.75. The third-order valence-corrected chi connectivity index (χ3v) is 2.88. The number of ether oxygens (including phenoxy) is 1. The van der Waals surface area contributed by atoms with Crippen molar-refractivity contribution in [2.24, 2.45) is 0 Å². The zero-order chi connectivity index (χ0) is 9.26. The largest absolute Gasteiger partial charge is 0.496 e. The molecule has 0 amide bonds. The Morgan fingerprint density at radius 3 is 2.54 bits per heavy atom. The van der Waals surface area contributed by atoms with Crippen molar-refractivity contribution in [3.05, 3.63) is 28.8 Å². The van der Waals surface area contributed by atoms with Gasteiger partial charge in [-0.05, 0) is 48.4 Å². The zero-order valence-corrected chi connectivity index (χ0v) is 8.39. The molecule has 0 aliphatic heterocycles.